The summed E-state index contributed by atoms with van der Waals surface area (Å²) >= 11 is 0. The monoisotopic (exact) mass is 226 g/mol. The number of piperidine rings is 1. The highest BCUT2D eigenvalue weighted by Crippen LogP contribution is 2.34. The summed E-state index contributed by atoms with van der Waals surface area (Å²) in [7, 11) is 0. The van der Waals surface area contributed by atoms with E-state index in [2.05, 4.69) is 52.2 Å². The fraction of sp³-hybridized carbons (Fsp3) is 1.00. The molecule has 0 unspecified atom stereocenters. The zero-order chi connectivity index (χ0) is 12.4. The van der Waals surface area contributed by atoms with Gasteiger partial charge in [0.25, 0.3) is 0 Å². The van der Waals surface area contributed by atoms with Gasteiger partial charge in [-0.15, -0.1) is 0 Å². The van der Waals surface area contributed by atoms with E-state index in [4.69, 9.17) is 0 Å². The molecule has 0 atom stereocenters. The summed E-state index contributed by atoms with van der Waals surface area (Å²) in [5, 5.41) is 7.27. The largest absolute Gasteiger partial charge is 0.315 e. The standard InChI is InChI=1S/C14H30N2/c1-11(2)15-8-7-12-9-13(3,4)16-14(5,6)10-12/h11-12,15-16H,7-10H2,1-6H3. The van der Waals surface area contributed by atoms with Gasteiger partial charge in [-0.3, -0.25) is 0 Å². The van der Waals surface area contributed by atoms with Crippen molar-refractivity contribution in [2.75, 3.05) is 6.54 Å². The Hall–Kier alpha value is -0.0800. The Labute approximate surface area is 102 Å². The van der Waals surface area contributed by atoms with Gasteiger partial charge in [-0.2, -0.15) is 0 Å². The molecule has 1 aliphatic rings. The van der Waals surface area contributed by atoms with Crippen molar-refractivity contribution in [2.24, 2.45) is 5.92 Å². The maximum Gasteiger partial charge on any atom is 0.0132 e. The van der Waals surface area contributed by atoms with Gasteiger partial charge in [-0.1, -0.05) is 13.8 Å². The van der Waals surface area contributed by atoms with Crippen LogP contribution in [0.3, 0.4) is 0 Å². The van der Waals surface area contributed by atoms with Gasteiger partial charge in [0, 0.05) is 17.1 Å². The van der Waals surface area contributed by atoms with Gasteiger partial charge >= 0.3 is 0 Å². The Balaban J connectivity index is 2.42. The highest BCUT2D eigenvalue weighted by Gasteiger charge is 2.37. The average Bonchev–Trinajstić information content (AvgIpc) is 1.96. The van der Waals surface area contributed by atoms with Crippen molar-refractivity contribution in [1.82, 2.24) is 10.6 Å². The molecule has 0 aromatic carbocycles. The van der Waals surface area contributed by atoms with Crippen molar-refractivity contribution in [3.8, 4) is 0 Å². The minimum atomic E-state index is 0.296. The van der Waals surface area contributed by atoms with Gasteiger partial charge in [0.1, 0.15) is 0 Å². The van der Waals surface area contributed by atoms with E-state index in [1.807, 2.05) is 0 Å². The average molecular weight is 226 g/mol. The summed E-state index contributed by atoms with van der Waals surface area (Å²) in [5.41, 5.74) is 0.592. The van der Waals surface area contributed by atoms with Crippen molar-refractivity contribution < 1.29 is 0 Å². The van der Waals surface area contributed by atoms with Gasteiger partial charge < -0.3 is 10.6 Å². The lowest BCUT2D eigenvalue weighted by Gasteiger charge is -2.46. The fourth-order valence-corrected chi connectivity index (χ4v) is 3.31. The van der Waals surface area contributed by atoms with Crippen LogP contribution in [0, 0.1) is 5.92 Å². The van der Waals surface area contributed by atoms with E-state index in [-0.39, 0.29) is 0 Å². The first-order valence-corrected chi connectivity index (χ1v) is 6.73. The Bertz CT molecular complexity index is 203. The van der Waals surface area contributed by atoms with Crippen LogP contribution in [0.5, 0.6) is 0 Å². The van der Waals surface area contributed by atoms with Gasteiger partial charge in [0.2, 0.25) is 0 Å². The minimum absolute atomic E-state index is 0.296. The van der Waals surface area contributed by atoms with Gasteiger partial charge in [-0.25, -0.2) is 0 Å². The Morgan fingerprint density at radius 2 is 1.62 bits per heavy atom. The molecule has 0 bridgehead atoms. The molecule has 1 heterocycles. The number of rotatable bonds is 4. The SMILES string of the molecule is CC(C)NCCC1CC(C)(C)NC(C)(C)C1. The Morgan fingerprint density at radius 1 is 1.12 bits per heavy atom. The zero-order valence-electron chi connectivity index (χ0n) is 12.0. The fourth-order valence-electron chi connectivity index (χ4n) is 3.31. The van der Waals surface area contributed by atoms with E-state index in [9.17, 15) is 0 Å². The summed E-state index contributed by atoms with van der Waals surface area (Å²) < 4.78 is 0. The van der Waals surface area contributed by atoms with E-state index >= 15 is 0 Å². The molecule has 0 aromatic heterocycles. The molecule has 0 saturated carbocycles. The van der Waals surface area contributed by atoms with Gasteiger partial charge in [-0.05, 0) is 59.4 Å². The van der Waals surface area contributed by atoms with Crippen LogP contribution in [0.4, 0.5) is 0 Å². The Kier molecular flexibility index (Phi) is 4.42. The second kappa shape index (κ2) is 5.05. The Morgan fingerprint density at radius 3 is 2.06 bits per heavy atom. The van der Waals surface area contributed by atoms with Crippen LogP contribution in [0.2, 0.25) is 0 Å². The van der Waals surface area contributed by atoms with Crippen molar-refractivity contribution in [2.45, 2.75) is 77.9 Å². The van der Waals surface area contributed by atoms with E-state index < -0.39 is 0 Å². The molecule has 96 valence electrons. The van der Waals surface area contributed by atoms with Crippen molar-refractivity contribution in [3.05, 3.63) is 0 Å². The second-order valence-corrected chi connectivity index (χ2v) is 7.06. The maximum atomic E-state index is 3.74. The maximum absolute atomic E-state index is 3.74. The third kappa shape index (κ3) is 4.84. The molecule has 0 aromatic rings. The lowest BCUT2D eigenvalue weighted by molar-refractivity contribution is 0.123. The van der Waals surface area contributed by atoms with Crippen LogP contribution in [0.15, 0.2) is 0 Å². The highest BCUT2D eigenvalue weighted by molar-refractivity contribution is 4.96. The van der Waals surface area contributed by atoms with Crippen molar-refractivity contribution >= 4 is 0 Å². The van der Waals surface area contributed by atoms with Gasteiger partial charge in [0.15, 0.2) is 0 Å². The smallest absolute Gasteiger partial charge is 0.0132 e. The molecule has 1 fully saturated rings. The van der Waals surface area contributed by atoms with Crippen LogP contribution in [-0.2, 0) is 0 Å². The van der Waals surface area contributed by atoms with Crippen LogP contribution < -0.4 is 10.6 Å². The third-order valence-corrected chi connectivity index (χ3v) is 3.38. The van der Waals surface area contributed by atoms with Crippen molar-refractivity contribution in [3.63, 3.8) is 0 Å². The molecule has 0 spiro atoms. The topological polar surface area (TPSA) is 24.1 Å². The molecule has 2 heteroatoms. The zero-order valence-corrected chi connectivity index (χ0v) is 12.0. The first-order valence-electron chi connectivity index (χ1n) is 6.73. The molecular weight excluding hydrogens is 196 g/mol. The molecule has 1 rings (SSSR count). The molecule has 0 aliphatic carbocycles. The predicted molar refractivity (Wildman–Crippen MR) is 71.8 cm³/mol. The molecular formula is C14H30N2. The summed E-state index contributed by atoms with van der Waals surface area (Å²) in [6, 6.07) is 0.614. The lowest BCUT2D eigenvalue weighted by Crippen LogP contribution is -2.58. The molecule has 2 N–H and O–H groups in total. The third-order valence-electron chi connectivity index (χ3n) is 3.38. The molecule has 0 radical (unpaired) electrons. The van der Waals surface area contributed by atoms with Gasteiger partial charge in [0.05, 0.1) is 0 Å². The lowest BCUT2D eigenvalue weighted by atomic mass is 9.75. The normalized spacial score (nSPS) is 24.9. The highest BCUT2D eigenvalue weighted by atomic mass is 15.0. The van der Waals surface area contributed by atoms with E-state index in [1.165, 1.54) is 19.3 Å². The molecule has 2 nitrogen and oxygen atoms in total. The number of hydrogen-bond donors (Lipinski definition) is 2. The minimum Gasteiger partial charge on any atom is -0.315 e. The number of hydrogen-bond acceptors (Lipinski definition) is 2. The molecule has 16 heavy (non-hydrogen) atoms. The predicted octanol–water partition coefficient (Wildman–Crippen LogP) is 2.93. The van der Waals surface area contributed by atoms with Crippen LogP contribution in [-0.4, -0.2) is 23.7 Å². The second-order valence-electron chi connectivity index (χ2n) is 7.06. The van der Waals surface area contributed by atoms with E-state index in [1.54, 1.807) is 0 Å². The van der Waals surface area contributed by atoms with E-state index in [0.717, 1.165) is 12.5 Å². The summed E-state index contributed by atoms with van der Waals surface area (Å²) in [6.45, 7) is 14.9. The van der Waals surface area contributed by atoms with E-state index in [0.29, 0.717) is 17.1 Å². The summed E-state index contributed by atoms with van der Waals surface area (Å²) in [6.07, 6.45) is 3.92. The quantitative estimate of drug-likeness (QED) is 0.770. The molecule has 1 saturated heterocycles. The van der Waals surface area contributed by atoms with Crippen molar-refractivity contribution in [1.29, 1.82) is 0 Å². The molecule has 1 aliphatic heterocycles. The van der Waals surface area contributed by atoms with Crippen LogP contribution in [0.25, 0.3) is 0 Å². The first-order chi connectivity index (χ1) is 7.20. The van der Waals surface area contributed by atoms with Crippen LogP contribution in [0.1, 0.15) is 60.8 Å². The van der Waals surface area contributed by atoms with Crippen LogP contribution >= 0.6 is 0 Å². The molecule has 0 amide bonds. The summed E-state index contributed by atoms with van der Waals surface area (Å²) in [4.78, 5) is 0. The first kappa shape index (κ1) is 14.0. The number of nitrogens with one attached hydrogen (secondary N) is 2. The summed E-state index contributed by atoms with van der Waals surface area (Å²) in [5.74, 6) is 0.859.